The number of nitrogens with zero attached hydrogens (tertiary/aromatic N) is 4. The predicted molar refractivity (Wildman–Crippen MR) is 86.3 cm³/mol. The van der Waals surface area contributed by atoms with E-state index in [2.05, 4.69) is 53.1 Å². The molecule has 0 spiro atoms. The molecule has 0 amide bonds. The topological polar surface area (TPSA) is 35.6 Å². The molecule has 0 radical (unpaired) electrons. The summed E-state index contributed by atoms with van der Waals surface area (Å²) in [5, 5.41) is 0. The highest BCUT2D eigenvalue weighted by molar-refractivity contribution is 5.80. The molecule has 0 unspecified atom stereocenters. The Morgan fingerprint density at radius 1 is 1.00 bits per heavy atom. The highest BCUT2D eigenvalue weighted by atomic mass is 15.2. The van der Waals surface area contributed by atoms with Crippen molar-refractivity contribution >= 4 is 11.0 Å². The molecule has 2 heterocycles. The zero-order chi connectivity index (χ0) is 14.8. The summed E-state index contributed by atoms with van der Waals surface area (Å²) in [6.07, 6.45) is 4.14. The fourth-order valence-electron chi connectivity index (χ4n) is 2.87. The Balaban J connectivity index is 2.22. The summed E-state index contributed by atoms with van der Waals surface area (Å²) >= 11 is 0. The molecule has 2 aromatic heterocycles. The van der Waals surface area contributed by atoms with Gasteiger partial charge < -0.3 is 9.13 Å². The van der Waals surface area contributed by atoms with E-state index in [9.17, 15) is 0 Å². The van der Waals surface area contributed by atoms with Gasteiger partial charge in [0.2, 0.25) is 0 Å². The van der Waals surface area contributed by atoms with Gasteiger partial charge in [0.25, 0.3) is 0 Å². The van der Waals surface area contributed by atoms with E-state index < -0.39 is 0 Å². The van der Waals surface area contributed by atoms with E-state index in [4.69, 9.17) is 4.98 Å². The SMILES string of the molecule is CCCn1c(-c2nc3ccccc3n2CCC)cnc1C. The van der Waals surface area contributed by atoms with E-state index in [-0.39, 0.29) is 0 Å². The Hall–Kier alpha value is -2.10. The lowest BCUT2D eigenvalue weighted by Crippen LogP contribution is -2.06. The van der Waals surface area contributed by atoms with Gasteiger partial charge in [-0.1, -0.05) is 26.0 Å². The Bertz CT molecular complexity index is 751. The third-order valence-corrected chi connectivity index (χ3v) is 3.83. The van der Waals surface area contributed by atoms with Gasteiger partial charge in [0.15, 0.2) is 5.82 Å². The first-order valence-electron chi connectivity index (χ1n) is 7.74. The molecular formula is C17H22N4. The molecule has 0 atom stereocenters. The minimum Gasteiger partial charge on any atom is -0.326 e. The molecule has 110 valence electrons. The fourth-order valence-corrected chi connectivity index (χ4v) is 2.87. The molecule has 0 aliphatic heterocycles. The molecular weight excluding hydrogens is 260 g/mol. The third kappa shape index (κ3) is 2.35. The number of aromatic nitrogens is 4. The summed E-state index contributed by atoms with van der Waals surface area (Å²) < 4.78 is 4.59. The van der Waals surface area contributed by atoms with Crippen molar-refractivity contribution in [3.05, 3.63) is 36.3 Å². The quantitative estimate of drug-likeness (QED) is 0.708. The molecule has 4 heteroatoms. The lowest BCUT2D eigenvalue weighted by molar-refractivity contribution is 0.649. The molecule has 3 rings (SSSR count). The lowest BCUT2D eigenvalue weighted by Gasteiger charge is -2.11. The summed E-state index contributed by atoms with van der Waals surface area (Å²) in [6.45, 7) is 8.42. The maximum absolute atomic E-state index is 4.86. The fraction of sp³-hybridized carbons (Fsp3) is 0.412. The van der Waals surface area contributed by atoms with Crippen LogP contribution in [0, 0.1) is 6.92 Å². The smallest absolute Gasteiger partial charge is 0.159 e. The second kappa shape index (κ2) is 5.72. The minimum atomic E-state index is 0.978. The summed E-state index contributed by atoms with van der Waals surface area (Å²) in [7, 11) is 0. The summed E-state index contributed by atoms with van der Waals surface area (Å²) in [4.78, 5) is 9.35. The van der Waals surface area contributed by atoms with Gasteiger partial charge in [0.1, 0.15) is 11.5 Å². The molecule has 21 heavy (non-hydrogen) atoms. The Morgan fingerprint density at radius 2 is 1.71 bits per heavy atom. The minimum absolute atomic E-state index is 0.978. The second-order valence-electron chi connectivity index (χ2n) is 5.42. The van der Waals surface area contributed by atoms with E-state index in [1.165, 1.54) is 5.52 Å². The van der Waals surface area contributed by atoms with Crippen LogP contribution >= 0.6 is 0 Å². The molecule has 0 N–H and O–H groups in total. The van der Waals surface area contributed by atoms with Crippen molar-refractivity contribution in [3.63, 3.8) is 0 Å². The van der Waals surface area contributed by atoms with Crippen LogP contribution in [0.15, 0.2) is 30.5 Å². The van der Waals surface area contributed by atoms with E-state index in [1.807, 2.05) is 12.3 Å². The molecule has 3 aromatic rings. The largest absolute Gasteiger partial charge is 0.326 e. The zero-order valence-corrected chi connectivity index (χ0v) is 13.0. The standard InChI is InChI=1S/C17H22N4/c1-4-10-20-13(3)18-12-16(20)17-19-14-8-6-7-9-15(14)21(17)11-5-2/h6-9,12H,4-5,10-11H2,1-3H3. The number of benzene rings is 1. The number of imidazole rings is 2. The number of hydrogen-bond acceptors (Lipinski definition) is 2. The van der Waals surface area contributed by atoms with Crippen molar-refractivity contribution in [2.75, 3.05) is 0 Å². The second-order valence-corrected chi connectivity index (χ2v) is 5.42. The van der Waals surface area contributed by atoms with Gasteiger partial charge in [0.05, 0.1) is 17.2 Å². The van der Waals surface area contributed by atoms with Crippen LogP contribution in [0.2, 0.25) is 0 Å². The maximum atomic E-state index is 4.86. The predicted octanol–water partition coefficient (Wildman–Crippen LogP) is 4.03. The Morgan fingerprint density at radius 3 is 2.48 bits per heavy atom. The van der Waals surface area contributed by atoms with Gasteiger partial charge in [-0.05, 0) is 31.9 Å². The van der Waals surface area contributed by atoms with Gasteiger partial charge in [-0.25, -0.2) is 9.97 Å². The van der Waals surface area contributed by atoms with Crippen LogP contribution < -0.4 is 0 Å². The molecule has 4 nitrogen and oxygen atoms in total. The van der Waals surface area contributed by atoms with Crippen LogP contribution in [0.4, 0.5) is 0 Å². The molecule has 0 saturated carbocycles. The molecule has 0 fully saturated rings. The first-order valence-corrected chi connectivity index (χ1v) is 7.74. The van der Waals surface area contributed by atoms with Crippen LogP contribution in [0.3, 0.4) is 0 Å². The zero-order valence-electron chi connectivity index (χ0n) is 13.0. The summed E-state index contributed by atoms with van der Waals surface area (Å²) in [5.41, 5.74) is 3.39. The van der Waals surface area contributed by atoms with Crippen molar-refractivity contribution in [1.29, 1.82) is 0 Å². The molecule has 0 saturated heterocycles. The van der Waals surface area contributed by atoms with Crippen molar-refractivity contribution in [2.24, 2.45) is 0 Å². The first kappa shape index (κ1) is 13.9. The van der Waals surface area contributed by atoms with Gasteiger partial charge in [-0.15, -0.1) is 0 Å². The van der Waals surface area contributed by atoms with Crippen LogP contribution in [0.5, 0.6) is 0 Å². The van der Waals surface area contributed by atoms with E-state index in [0.717, 1.165) is 48.8 Å². The number of aryl methyl sites for hydroxylation is 2. The lowest BCUT2D eigenvalue weighted by atomic mass is 10.3. The van der Waals surface area contributed by atoms with E-state index >= 15 is 0 Å². The Labute approximate surface area is 125 Å². The van der Waals surface area contributed by atoms with Crippen LogP contribution in [-0.2, 0) is 13.1 Å². The monoisotopic (exact) mass is 282 g/mol. The van der Waals surface area contributed by atoms with Gasteiger partial charge in [-0.3, -0.25) is 0 Å². The summed E-state index contributed by atoms with van der Waals surface area (Å²) in [6, 6.07) is 8.35. The number of fused-ring (bicyclic) bond motifs is 1. The third-order valence-electron chi connectivity index (χ3n) is 3.83. The highest BCUT2D eigenvalue weighted by Crippen LogP contribution is 2.26. The van der Waals surface area contributed by atoms with Crippen LogP contribution in [0.25, 0.3) is 22.6 Å². The average Bonchev–Trinajstić information content (AvgIpc) is 3.02. The number of hydrogen-bond donors (Lipinski definition) is 0. The summed E-state index contributed by atoms with van der Waals surface area (Å²) in [5.74, 6) is 2.09. The number of para-hydroxylation sites is 2. The Kier molecular flexibility index (Phi) is 3.78. The van der Waals surface area contributed by atoms with Crippen molar-refractivity contribution in [3.8, 4) is 11.5 Å². The van der Waals surface area contributed by atoms with Crippen LogP contribution in [0.1, 0.15) is 32.5 Å². The van der Waals surface area contributed by atoms with E-state index in [0.29, 0.717) is 0 Å². The van der Waals surface area contributed by atoms with Gasteiger partial charge in [0, 0.05) is 13.1 Å². The molecule has 1 aromatic carbocycles. The van der Waals surface area contributed by atoms with Crippen molar-refractivity contribution in [1.82, 2.24) is 19.1 Å². The van der Waals surface area contributed by atoms with Crippen molar-refractivity contribution in [2.45, 2.75) is 46.7 Å². The molecule has 0 bridgehead atoms. The first-order chi connectivity index (χ1) is 10.3. The van der Waals surface area contributed by atoms with Crippen LogP contribution in [-0.4, -0.2) is 19.1 Å². The average molecular weight is 282 g/mol. The normalized spacial score (nSPS) is 11.4. The van der Waals surface area contributed by atoms with E-state index in [1.54, 1.807) is 0 Å². The van der Waals surface area contributed by atoms with Gasteiger partial charge >= 0.3 is 0 Å². The molecule has 0 aliphatic carbocycles. The highest BCUT2D eigenvalue weighted by Gasteiger charge is 2.16. The maximum Gasteiger partial charge on any atom is 0.159 e. The van der Waals surface area contributed by atoms with Gasteiger partial charge in [-0.2, -0.15) is 0 Å². The molecule has 0 aliphatic rings. The van der Waals surface area contributed by atoms with Crippen molar-refractivity contribution < 1.29 is 0 Å². The number of rotatable bonds is 5.